The molecule has 1 aliphatic carbocycles. The van der Waals surface area contributed by atoms with Crippen LogP contribution in [-0.4, -0.2) is 58.6 Å². The van der Waals surface area contributed by atoms with E-state index in [4.69, 9.17) is 9.47 Å². The number of aliphatic hydroxyl groups excluding tert-OH is 4. The average Bonchev–Trinajstić information content (AvgIpc) is 2.73. The molecule has 1 saturated heterocycles. The smallest absolute Gasteiger partial charge is 0.122 e. The van der Waals surface area contributed by atoms with Crippen LogP contribution in [0.1, 0.15) is 56.3 Å². The van der Waals surface area contributed by atoms with Crippen LogP contribution in [0.4, 0.5) is 0 Å². The third-order valence-corrected chi connectivity index (χ3v) is 6.58. The van der Waals surface area contributed by atoms with Crippen LogP contribution in [0.15, 0.2) is 18.2 Å². The van der Waals surface area contributed by atoms with Gasteiger partial charge in [0.1, 0.15) is 36.3 Å². The Morgan fingerprint density at radius 1 is 1.00 bits per heavy atom. The van der Waals surface area contributed by atoms with Gasteiger partial charge in [-0.25, -0.2) is 0 Å². The van der Waals surface area contributed by atoms with Crippen LogP contribution in [0.5, 0.6) is 5.75 Å². The summed E-state index contributed by atoms with van der Waals surface area (Å²) >= 11 is 0. The Hall–Kier alpha value is -1.18. The second-order valence-corrected chi connectivity index (χ2v) is 8.32. The minimum atomic E-state index is -1.37. The highest BCUT2D eigenvalue weighted by Crippen LogP contribution is 2.37. The largest absolute Gasteiger partial charge is 0.496 e. The van der Waals surface area contributed by atoms with E-state index in [1.807, 2.05) is 18.2 Å². The Balaban J connectivity index is 1.78. The Kier molecular flexibility index (Phi) is 7.34. The molecule has 1 saturated carbocycles. The second-order valence-electron chi connectivity index (χ2n) is 8.32. The van der Waals surface area contributed by atoms with Crippen LogP contribution in [0.25, 0.3) is 0 Å². The fourth-order valence-electron chi connectivity index (χ4n) is 4.67. The van der Waals surface area contributed by atoms with Crippen molar-refractivity contribution >= 4 is 0 Å². The Labute approximate surface area is 167 Å². The van der Waals surface area contributed by atoms with Crippen molar-refractivity contribution in [3.05, 3.63) is 29.3 Å². The Morgan fingerprint density at radius 3 is 2.29 bits per heavy atom. The molecule has 1 aromatic carbocycles. The van der Waals surface area contributed by atoms with Crippen LogP contribution >= 0.6 is 0 Å². The average molecular weight is 395 g/mol. The van der Waals surface area contributed by atoms with Crippen molar-refractivity contribution < 1.29 is 29.9 Å². The summed E-state index contributed by atoms with van der Waals surface area (Å²) in [5.41, 5.74) is 1.78. The van der Waals surface area contributed by atoms with Crippen molar-refractivity contribution in [1.82, 2.24) is 0 Å². The molecule has 1 aliphatic heterocycles. The van der Waals surface area contributed by atoms with Gasteiger partial charge in [0.05, 0.1) is 13.7 Å². The molecule has 3 rings (SSSR count). The van der Waals surface area contributed by atoms with Gasteiger partial charge in [-0.05, 0) is 54.4 Å². The van der Waals surface area contributed by atoms with Crippen molar-refractivity contribution in [3.8, 4) is 5.75 Å². The van der Waals surface area contributed by atoms with Gasteiger partial charge in [-0.2, -0.15) is 0 Å². The molecule has 0 amide bonds. The number of aliphatic hydroxyl groups is 4. The SMILES string of the molecule is CCC1CCC(Cc2cc(C3OC(CO)C(O)C(O)C3O)ccc2OC)CC1. The monoisotopic (exact) mass is 394 g/mol. The number of rotatable bonds is 6. The van der Waals surface area contributed by atoms with E-state index < -0.39 is 37.1 Å². The number of methoxy groups -OCH3 is 1. The van der Waals surface area contributed by atoms with Gasteiger partial charge < -0.3 is 29.9 Å². The molecule has 0 spiro atoms. The summed E-state index contributed by atoms with van der Waals surface area (Å²) in [5, 5.41) is 39.9. The summed E-state index contributed by atoms with van der Waals surface area (Å²) in [6, 6.07) is 5.64. The van der Waals surface area contributed by atoms with Gasteiger partial charge in [-0.3, -0.25) is 0 Å². The molecular weight excluding hydrogens is 360 g/mol. The molecule has 6 heteroatoms. The highest BCUT2D eigenvalue weighted by molar-refractivity contribution is 5.39. The lowest BCUT2D eigenvalue weighted by Gasteiger charge is -2.40. The van der Waals surface area contributed by atoms with E-state index >= 15 is 0 Å². The minimum Gasteiger partial charge on any atom is -0.496 e. The number of ether oxygens (including phenoxy) is 2. The lowest BCUT2D eigenvalue weighted by Crippen LogP contribution is -2.55. The molecular formula is C22H34O6. The zero-order valence-corrected chi connectivity index (χ0v) is 16.8. The molecule has 0 bridgehead atoms. The summed E-state index contributed by atoms with van der Waals surface area (Å²) in [7, 11) is 1.65. The Morgan fingerprint density at radius 2 is 1.68 bits per heavy atom. The highest BCUT2D eigenvalue weighted by atomic mass is 16.5. The fraction of sp³-hybridized carbons (Fsp3) is 0.727. The van der Waals surface area contributed by atoms with Crippen LogP contribution in [0.3, 0.4) is 0 Å². The molecule has 158 valence electrons. The summed E-state index contributed by atoms with van der Waals surface area (Å²) in [5.74, 6) is 2.27. The number of hydrogen-bond donors (Lipinski definition) is 4. The maximum atomic E-state index is 10.4. The van der Waals surface area contributed by atoms with Gasteiger partial charge >= 0.3 is 0 Å². The first-order chi connectivity index (χ1) is 13.5. The molecule has 1 heterocycles. The van der Waals surface area contributed by atoms with E-state index in [-0.39, 0.29) is 0 Å². The molecule has 5 unspecified atom stereocenters. The lowest BCUT2D eigenvalue weighted by molar-refractivity contribution is -0.231. The van der Waals surface area contributed by atoms with Gasteiger partial charge in [0.25, 0.3) is 0 Å². The van der Waals surface area contributed by atoms with Gasteiger partial charge in [0.15, 0.2) is 0 Å². The van der Waals surface area contributed by atoms with Gasteiger partial charge in [0, 0.05) is 0 Å². The molecule has 28 heavy (non-hydrogen) atoms. The van der Waals surface area contributed by atoms with Crippen LogP contribution in [0, 0.1) is 11.8 Å². The van der Waals surface area contributed by atoms with Crippen molar-refractivity contribution in [3.63, 3.8) is 0 Å². The molecule has 2 fully saturated rings. The quantitative estimate of drug-likeness (QED) is 0.589. The maximum absolute atomic E-state index is 10.4. The van der Waals surface area contributed by atoms with Crippen LogP contribution < -0.4 is 4.74 Å². The van der Waals surface area contributed by atoms with Crippen molar-refractivity contribution in [1.29, 1.82) is 0 Å². The van der Waals surface area contributed by atoms with E-state index in [9.17, 15) is 20.4 Å². The van der Waals surface area contributed by atoms with Crippen molar-refractivity contribution in [2.24, 2.45) is 11.8 Å². The molecule has 2 aliphatic rings. The standard InChI is InChI=1S/C22H34O6/c1-3-13-4-6-14(7-5-13)10-16-11-15(8-9-17(16)27-2)22-21(26)20(25)19(24)18(12-23)28-22/h8-9,11,13-14,18-26H,3-7,10,12H2,1-2H3. The predicted molar refractivity (Wildman–Crippen MR) is 105 cm³/mol. The first-order valence-electron chi connectivity index (χ1n) is 10.5. The summed E-state index contributed by atoms with van der Waals surface area (Å²) in [6.45, 7) is 1.84. The zero-order chi connectivity index (χ0) is 20.3. The van der Waals surface area contributed by atoms with Crippen molar-refractivity contribution in [2.75, 3.05) is 13.7 Å². The number of hydrogen-bond acceptors (Lipinski definition) is 6. The summed E-state index contributed by atoms with van der Waals surface area (Å²) in [4.78, 5) is 0. The molecule has 4 N–H and O–H groups in total. The third-order valence-electron chi connectivity index (χ3n) is 6.58. The molecule has 6 nitrogen and oxygen atoms in total. The molecule has 0 radical (unpaired) electrons. The maximum Gasteiger partial charge on any atom is 0.122 e. The summed E-state index contributed by atoms with van der Waals surface area (Å²) in [6.07, 6.45) is 1.44. The second kappa shape index (κ2) is 9.55. The first-order valence-corrected chi connectivity index (χ1v) is 10.5. The lowest BCUT2D eigenvalue weighted by atomic mass is 9.78. The fourth-order valence-corrected chi connectivity index (χ4v) is 4.67. The third kappa shape index (κ3) is 4.52. The first kappa shape index (κ1) is 21.5. The summed E-state index contributed by atoms with van der Waals surface area (Å²) < 4.78 is 11.3. The van der Waals surface area contributed by atoms with Gasteiger partial charge in [0.2, 0.25) is 0 Å². The van der Waals surface area contributed by atoms with E-state index in [1.54, 1.807) is 7.11 Å². The molecule has 5 atom stereocenters. The van der Waals surface area contributed by atoms with Gasteiger partial charge in [-0.1, -0.05) is 32.3 Å². The minimum absolute atomic E-state index is 0.425. The van der Waals surface area contributed by atoms with E-state index in [0.717, 1.165) is 29.2 Å². The number of benzene rings is 1. The van der Waals surface area contributed by atoms with Crippen LogP contribution in [-0.2, 0) is 11.2 Å². The van der Waals surface area contributed by atoms with E-state index in [2.05, 4.69) is 6.92 Å². The highest BCUT2D eigenvalue weighted by Gasteiger charge is 2.44. The molecule has 0 aromatic heterocycles. The zero-order valence-electron chi connectivity index (χ0n) is 16.8. The van der Waals surface area contributed by atoms with E-state index in [1.165, 1.54) is 32.1 Å². The van der Waals surface area contributed by atoms with Crippen LogP contribution in [0.2, 0.25) is 0 Å². The van der Waals surface area contributed by atoms with Crippen molar-refractivity contribution in [2.45, 2.75) is 76.0 Å². The predicted octanol–water partition coefficient (Wildman–Crippen LogP) is 1.97. The van der Waals surface area contributed by atoms with Gasteiger partial charge in [-0.15, -0.1) is 0 Å². The normalized spacial score (nSPS) is 36.3. The topological polar surface area (TPSA) is 99.4 Å². The molecule has 1 aromatic rings. The Bertz CT molecular complexity index is 625. The van der Waals surface area contributed by atoms with E-state index in [0.29, 0.717) is 5.92 Å².